The minimum atomic E-state index is -3.24. The first-order valence-electron chi connectivity index (χ1n) is 7.77. The van der Waals surface area contributed by atoms with Crippen LogP contribution in [0.4, 0.5) is 0 Å². The lowest BCUT2D eigenvalue weighted by Crippen LogP contribution is -2.50. The quantitative estimate of drug-likeness (QED) is 0.792. The topological polar surface area (TPSA) is 99.8 Å². The summed E-state index contributed by atoms with van der Waals surface area (Å²) in [5, 5.41) is 0. The number of ether oxygens (including phenoxy) is 1. The van der Waals surface area contributed by atoms with Crippen LogP contribution < -0.4 is 0 Å². The monoisotopic (exact) mass is 357 g/mol. The third-order valence-electron chi connectivity index (χ3n) is 4.13. The largest absolute Gasteiger partial charge is 0.461 e. The van der Waals surface area contributed by atoms with Gasteiger partial charge in [0.25, 0.3) is 5.91 Å². The van der Waals surface area contributed by atoms with Crippen LogP contribution in [0.3, 0.4) is 0 Å². The molecule has 1 amide bonds. The summed E-state index contributed by atoms with van der Waals surface area (Å²) >= 11 is 0. The molecule has 1 aromatic rings. The van der Waals surface area contributed by atoms with Crippen LogP contribution in [0.5, 0.6) is 0 Å². The van der Waals surface area contributed by atoms with E-state index in [-0.39, 0.29) is 31.3 Å². The smallest absolute Gasteiger partial charge is 0.355 e. The van der Waals surface area contributed by atoms with Crippen LogP contribution in [-0.2, 0) is 14.8 Å². The van der Waals surface area contributed by atoms with Crippen molar-refractivity contribution in [1.29, 1.82) is 0 Å². The first kappa shape index (κ1) is 18.5. The Hall–Kier alpha value is -1.87. The average molecular weight is 357 g/mol. The molecule has 1 fully saturated rings. The number of sulfonamides is 1. The Morgan fingerprint density at radius 3 is 2.25 bits per heavy atom. The van der Waals surface area contributed by atoms with E-state index >= 15 is 0 Å². The molecular formula is C15H23N3O5S. The van der Waals surface area contributed by atoms with Gasteiger partial charge in [0, 0.05) is 31.9 Å². The molecule has 0 bridgehead atoms. The summed E-state index contributed by atoms with van der Waals surface area (Å²) in [4.78, 5) is 29.2. The van der Waals surface area contributed by atoms with Crippen LogP contribution in [0.25, 0.3) is 0 Å². The van der Waals surface area contributed by atoms with Crippen molar-refractivity contribution in [3.8, 4) is 0 Å². The number of nitrogens with zero attached hydrogens (tertiary/aromatic N) is 2. The molecule has 0 aromatic carbocycles. The first-order chi connectivity index (χ1) is 11.2. The van der Waals surface area contributed by atoms with Gasteiger partial charge in [0.15, 0.2) is 0 Å². The molecule has 1 saturated heterocycles. The van der Waals surface area contributed by atoms with E-state index in [0.717, 1.165) is 6.26 Å². The lowest BCUT2D eigenvalue weighted by atomic mass is 10.1. The number of aryl methyl sites for hydroxylation is 1. The number of hydrogen-bond acceptors (Lipinski definition) is 5. The molecule has 134 valence electrons. The second-order valence-electron chi connectivity index (χ2n) is 5.80. The number of aromatic amines is 1. The molecule has 1 aliphatic rings. The van der Waals surface area contributed by atoms with Gasteiger partial charge in [-0.1, -0.05) is 0 Å². The van der Waals surface area contributed by atoms with Gasteiger partial charge in [0.1, 0.15) is 5.69 Å². The lowest BCUT2D eigenvalue weighted by Gasteiger charge is -2.33. The molecule has 2 heterocycles. The van der Waals surface area contributed by atoms with Crippen molar-refractivity contribution in [2.75, 3.05) is 39.0 Å². The van der Waals surface area contributed by atoms with E-state index in [1.165, 1.54) is 4.31 Å². The molecule has 8 nitrogen and oxygen atoms in total. The van der Waals surface area contributed by atoms with Gasteiger partial charge in [0.05, 0.1) is 18.4 Å². The lowest BCUT2D eigenvalue weighted by molar-refractivity contribution is 0.0519. The maximum Gasteiger partial charge on any atom is 0.355 e. The third kappa shape index (κ3) is 3.62. The molecule has 1 aromatic heterocycles. The first-order valence-corrected chi connectivity index (χ1v) is 9.62. The number of piperazine rings is 1. The van der Waals surface area contributed by atoms with Gasteiger partial charge >= 0.3 is 5.97 Å². The number of rotatable bonds is 4. The molecule has 0 saturated carbocycles. The van der Waals surface area contributed by atoms with E-state index in [2.05, 4.69) is 4.98 Å². The van der Waals surface area contributed by atoms with E-state index < -0.39 is 16.0 Å². The zero-order chi connectivity index (χ0) is 18.1. The van der Waals surface area contributed by atoms with Crippen LogP contribution in [0.15, 0.2) is 0 Å². The zero-order valence-corrected chi connectivity index (χ0v) is 15.2. The molecule has 0 atom stereocenters. The Morgan fingerprint density at radius 1 is 1.17 bits per heavy atom. The van der Waals surface area contributed by atoms with Gasteiger partial charge in [-0.15, -0.1) is 0 Å². The molecule has 0 radical (unpaired) electrons. The third-order valence-corrected chi connectivity index (χ3v) is 5.43. The standard InChI is InChI=1S/C15H23N3O5S/c1-5-23-15(20)13-10(2)12(11(3)16-13)14(19)17-6-8-18(9-7-17)24(4,21)22/h16H,5-9H2,1-4H3. The van der Waals surface area contributed by atoms with E-state index in [1.54, 1.807) is 25.7 Å². The van der Waals surface area contributed by atoms with E-state index in [9.17, 15) is 18.0 Å². The SMILES string of the molecule is CCOC(=O)c1[nH]c(C)c(C(=O)N2CCN(S(C)(=O)=O)CC2)c1C. The van der Waals surface area contributed by atoms with Crippen molar-refractivity contribution in [2.45, 2.75) is 20.8 Å². The van der Waals surface area contributed by atoms with Crippen molar-refractivity contribution in [3.05, 3.63) is 22.5 Å². The number of carbonyl (C=O) groups is 2. The van der Waals surface area contributed by atoms with Gasteiger partial charge in [-0.05, 0) is 26.3 Å². The number of carbonyl (C=O) groups excluding carboxylic acids is 2. The number of nitrogens with one attached hydrogen (secondary N) is 1. The van der Waals surface area contributed by atoms with Gasteiger partial charge in [-0.25, -0.2) is 13.2 Å². The predicted molar refractivity (Wildman–Crippen MR) is 88.5 cm³/mol. The Morgan fingerprint density at radius 2 is 1.75 bits per heavy atom. The summed E-state index contributed by atoms with van der Waals surface area (Å²) in [6, 6.07) is 0. The summed E-state index contributed by atoms with van der Waals surface area (Å²) < 4.78 is 29.4. The molecular weight excluding hydrogens is 334 g/mol. The minimum Gasteiger partial charge on any atom is -0.461 e. The molecule has 1 aliphatic heterocycles. The zero-order valence-electron chi connectivity index (χ0n) is 14.4. The fourth-order valence-corrected chi connectivity index (χ4v) is 3.69. The van der Waals surface area contributed by atoms with Crippen LogP contribution >= 0.6 is 0 Å². The highest BCUT2D eigenvalue weighted by Crippen LogP contribution is 2.21. The van der Waals surface area contributed by atoms with Crippen molar-refractivity contribution in [3.63, 3.8) is 0 Å². The maximum absolute atomic E-state index is 12.8. The molecule has 9 heteroatoms. The predicted octanol–water partition coefficient (Wildman–Crippen LogP) is 0.526. The molecule has 0 unspecified atom stereocenters. The summed E-state index contributed by atoms with van der Waals surface area (Å²) in [6.07, 6.45) is 1.16. The molecule has 0 aliphatic carbocycles. The number of H-pyrrole nitrogens is 1. The summed E-state index contributed by atoms with van der Waals surface area (Å²) in [6.45, 7) is 6.61. The van der Waals surface area contributed by atoms with Crippen molar-refractivity contribution >= 4 is 21.9 Å². The van der Waals surface area contributed by atoms with Crippen LogP contribution in [-0.4, -0.2) is 73.5 Å². The number of aromatic nitrogens is 1. The van der Waals surface area contributed by atoms with Gasteiger partial charge in [-0.2, -0.15) is 4.31 Å². The fourth-order valence-electron chi connectivity index (χ4n) is 2.86. The molecule has 0 spiro atoms. The Labute approximate surface area is 141 Å². The number of esters is 1. The normalized spacial score (nSPS) is 16.2. The van der Waals surface area contributed by atoms with E-state index in [0.29, 0.717) is 29.9 Å². The second-order valence-corrected chi connectivity index (χ2v) is 7.78. The maximum atomic E-state index is 12.8. The van der Waals surface area contributed by atoms with Crippen molar-refractivity contribution in [1.82, 2.24) is 14.2 Å². The summed E-state index contributed by atoms with van der Waals surface area (Å²) in [5.74, 6) is -0.691. The fraction of sp³-hybridized carbons (Fsp3) is 0.600. The van der Waals surface area contributed by atoms with Crippen LogP contribution in [0, 0.1) is 13.8 Å². The van der Waals surface area contributed by atoms with E-state index in [4.69, 9.17) is 4.74 Å². The highest BCUT2D eigenvalue weighted by Gasteiger charge is 2.30. The highest BCUT2D eigenvalue weighted by atomic mass is 32.2. The molecule has 24 heavy (non-hydrogen) atoms. The van der Waals surface area contributed by atoms with Crippen LogP contribution in [0.2, 0.25) is 0 Å². The minimum absolute atomic E-state index is 0.204. The van der Waals surface area contributed by atoms with Gasteiger partial charge < -0.3 is 14.6 Å². The second kappa shape index (κ2) is 6.94. The van der Waals surface area contributed by atoms with Crippen molar-refractivity contribution in [2.24, 2.45) is 0 Å². The van der Waals surface area contributed by atoms with Gasteiger partial charge in [-0.3, -0.25) is 4.79 Å². The summed E-state index contributed by atoms with van der Waals surface area (Å²) in [7, 11) is -3.24. The molecule has 1 N–H and O–H groups in total. The van der Waals surface area contributed by atoms with Crippen molar-refractivity contribution < 1.29 is 22.7 Å². The Bertz CT molecular complexity index is 745. The molecule has 2 rings (SSSR count). The van der Waals surface area contributed by atoms with Gasteiger partial charge in [0.2, 0.25) is 10.0 Å². The number of amides is 1. The van der Waals surface area contributed by atoms with Crippen LogP contribution in [0.1, 0.15) is 39.0 Å². The number of hydrogen-bond donors (Lipinski definition) is 1. The highest BCUT2D eigenvalue weighted by molar-refractivity contribution is 7.88. The average Bonchev–Trinajstić information content (AvgIpc) is 2.81. The Balaban J connectivity index is 2.18. The summed E-state index contributed by atoms with van der Waals surface area (Å²) in [5.41, 5.74) is 1.89. The van der Waals surface area contributed by atoms with E-state index in [1.807, 2.05) is 0 Å². The Kier molecular flexibility index (Phi) is 5.34.